The number of rotatable bonds is 3. The van der Waals surface area contributed by atoms with Crippen molar-refractivity contribution in [1.29, 1.82) is 0 Å². The molecular formula is C12H15BrN2OS. The van der Waals surface area contributed by atoms with E-state index < -0.39 is 0 Å². The van der Waals surface area contributed by atoms with Gasteiger partial charge in [-0.3, -0.25) is 4.79 Å². The lowest BCUT2D eigenvalue weighted by Gasteiger charge is -2.21. The van der Waals surface area contributed by atoms with Crippen LogP contribution in [0.5, 0.6) is 0 Å². The first-order chi connectivity index (χ1) is 8.20. The van der Waals surface area contributed by atoms with Crippen molar-refractivity contribution >= 4 is 39.2 Å². The van der Waals surface area contributed by atoms with Crippen molar-refractivity contribution in [2.45, 2.75) is 18.9 Å². The van der Waals surface area contributed by atoms with Crippen molar-refractivity contribution in [1.82, 2.24) is 4.90 Å². The molecular weight excluding hydrogens is 300 g/mol. The summed E-state index contributed by atoms with van der Waals surface area (Å²) < 4.78 is 1.05. The summed E-state index contributed by atoms with van der Waals surface area (Å²) in [6.45, 7) is 1.39. The van der Waals surface area contributed by atoms with Crippen LogP contribution in [-0.4, -0.2) is 29.9 Å². The normalized spacial score (nSPS) is 20.4. The van der Waals surface area contributed by atoms with Crippen LogP contribution in [0, 0.1) is 0 Å². The molecule has 1 saturated heterocycles. The zero-order valence-electron chi connectivity index (χ0n) is 9.43. The number of likely N-dealkylation sites (tertiary alicyclic amines) is 1. The average Bonchev–Trinajstić information content (AvgIpc) is 2.94. The van der Waals surface area contributed by atoms with E-state index in [-0.39, 0.29) is 11.9 Å². The lowest BCUT2D eigenvalue weighted by atomic mass is 10.2. The third-order valence-corrected chi connectivity index (χ3v) is 4.57. The maximum absolute atomic E-state index is 12.0. The summed E-state index contributed by atoms with van der Waals surface area (Å²) in [7, 11) is 0. The molecule has 2 N–H and O–H groups in total. The minimum Gasteiger partial charge on any atom is -0.335 e. The van der Waals surface area contributed by atoms with Crippen molar-refractivity contribution in [3.05, 3.63) is 26.9 Å². The average molecular weight is 315 g/mol. The predicted molar refractivity (Wildman–Crippen MR) is 74.8 cm³/mol. The maximum Gasteiger partial charge on any atom is 0.246 e. The van der Waals surface area contributed by atoms with Crippen molar-refractivity contribution in [3.8, 4) is 0 Å². The van der Waals surface area contributed by atoms with E-state index in [0.717, 1.165) is 28.7 Å². The second-order valence-corrected chi connectivity index (χ2v) is 5.92. The lowest BCUT2D eigenvalue weighted by Crippen LogP contribution is -2.38. The van der Waals surface area contributed by atoms with Crippen LogP contribution in [0.1, 0.15) is 17.7 Å². The summed E-state index contributed by atoms with van der Waals surface area (Å²) in [6, 6.07) is 2.22. The molecule has 1 aliphatic heterocycles. The highest BCUT2D eigenvalue weighted by Gasteiger charge is 2.25. The molecule has 0 aliphatic carbocycles. The molecule has 0 spiro atoms. The molecule has 92 valence electrons. The zero-order valence-corrected chi connectivity index (χ0v) is 11.8. The minimum atomic E-state index is 0.0717. The number of nitrogens with two attached hydrogens (primary N) is 1. The fraction of sp³-hybridized carbons (Fsp3) is 0.417. The van der Waals surface area contributed by atoms with Crippen molar-refractivity contribution in [2.24, 2.45) is 5.73 Å². The van der Waals surface area contributed by atoms with E-state index in [1.807, 2.05) is 22.4 Å². The quantitative estimate of drug-likeness (QED) is 0.871. The first-order valence-electron chi connectivity index (χ1n) is 5.63. The third-order valence-electron chi connectivity index (χ3n) is 2.91. The largest absolute Gasteiger partial charge is 0.335 e. The highest BCUT2D eigenvalue weighted by molar-refractivity contribution is 9.10. The van der Waals surface area contributed by atoms with Gasteiger partial charge in [0.05, 0.1) is 0 Å². The van der Waals surface area contributed by atoms with Gasteiger partial charge in [0.15, 0.2) is 0 Å². The van der Waals surface area contributed by atoms with Crippen LogP contribution in [0.15, 0.2) is 22.0 Å². The number of hydrogen-bond donors (Lipinski definition) is 1. The Labute approximate surface area is 113 Å². The third kappa shape index (κ3) is 3.18. The number of thiophene rings is 1. The lowest BCUT2D eigenvalue weighted by molar-refractivity contribution is -0.126. The first kappa shape index (κ1) is 12.8. The summed E-state index contributed by atoms with van der Waals surface area (Å²) in [5.74, 6) is 0.0717. The van der Waals surface area contributed by atoms with Crippen molar-refractivity contribution < 1.29 is 4.79 Å². The summed E-state index contributed by atoms with van der Waals surface area (Å²) in [6.07, 6.45) is 5.60. The van der Waals surface area contributed by atoms with Gasteiger partial charge in [0, 0.05) is 39.9 Å². The van der Waals surface area contributed by atoms with Gasteiger partial charge in [0.25, 0.3) is 0 Å². The molecule has 17 heavy (non-hydrogen) atoms. The molecule has 1 fully saturated rings. The van der Waals surface area contributed by atoms with E-state index >= 15 is 0 Å². The number of carbonyl (C=O) groups is 1. The van der Waals surface area contributed by atoms with Gasteiger partial charge in [-0.25, -0.2) is 0 Å². The summed E-state index contributed by atoms with van der Waals surface area (Å²) in [5.41, 5.74) is 5.65. The fourth-order valence-corrected chi connectivity index (χ4v) is 3.37. The van der Waals surface area contributed by atoms with E-state index in [2.05, 4.69) is 15.9 Å². The molecule has 1 unspecified atom stereocenters. The van der Waals surface area contributed by atoms with E-state index in [1.165, 1.54) is 0 Å². The van der Waals surface area contributed by atoms with E-state index in [4.69, 9.17) is 5.73 Å². The van der Waals surface area contributed by atoms with Crippen molar-refractivity contribution in [2.75, 3.05) is 13.1 Å². The molecule has 1 aliphatic rings. The molecule has 2 heterocycles. The monoisotopic (exact) mass is 314 g/mol. The Morgan fingerprint density at radius 2 is 2.53 bits per heavy atom. The molecule has 2 rings (SSSR count). The van der Waals surface area contributed by atoms with Gasteiger partial charge in [-0.1, -0.05) is 0 Å². The SMILES string of the molecule is NCC1CCCN1C(=O)/C=C/c1cc(Br)cs1. The number of nitrogens with zero attached hydrogens (tertiary/aromatic N) is 1. The van der Waals surface area contributed by atoms with Gasteiger partial charge >= 0.3 is 0 Å². The molecule has 1 atom stereocenters. The molecule has 1 aromatic rings. The number of halogens is 1. The molecule has 0 saturated carbocycles. The smallest absolute Gasteiger partial charge is 0.246 e. The number of carbonyl (C=O) groups excluding carboxylic acids is 1. The molecule has 3 nitrogen and oxygen atoms in total. The second kappa shape index (κ2) is 5.80. The fourth-order valence-electron chi connectivity index (χ4n) is 2.04. The topological polar surface area (TPSA) is 46.3 Å². The standard InChI is InChI=1S/C12H15BrN2OS/c13-9-6-11(17-8-9)3-4-12(16)15-5-1-2-10(15)7-14/h3-4,6,8,10H,1-2,5,7,14H2/b4-3+. The van der Waals surface area contributed by atoms with Gasteiger partial charge in [0.2, 0.25) is 5.91 Å². The molecule has 0 radical (unpaired) electrons. The number of amides is 1. The van der Waals surface area contributed by atoms with Gasteiger partial charge in [-0.2, -0.15) is 0 Å². The molecule has 0 bridgehead atoms. The highest BCUT2D eigenvalue weighted by atomic mass is 79.9. The van der Waals surface area contributed by atoms with Crippen LogP contribution in [0.3, 0.4) is 0 Å². The molecule has 1 amide bonds. The van der Waals surface area contributed by atoms with Crippen LogP contribution in [-0.2, 0) is 4.79 Å². The van der Waals surface area contributed by atoms with Gasteiger partial charge in [0.1, 0.15) is 0 Å². The van der Waals surface area contributed by atoms with Gasteiger partial charge < -0.3 is 10.6 Å². The Bertz CT molecular complexity index is 430. The molecule has 5 heteroatoms. The van der Waals surface area contributed by atoms with Gasteiger partial charge in [-0.15, -0.1) is 11.3 Å². The molecule has 1 aromatic heterocycles. The zero-order chi connectivity index (χ0) is 12.3. The van der Waals surface area contributed by atoms with Crippen LogP contribution in [0.2, 0.25) is 0 Å². The Balaban J connectivity index is 1.99. The Morgan fingerprint density at radius 3 is 3.18 bits per heavy atom. The highest BCUT2D eigenvalue weighted by Crippen LogP contribution is 2.21. The number of hydrogen-bond acceptors (Lipinski definition) is 3. The Kier molecular flexibility index (Phi) is 4.36. The van der Waals surface area contributed by atoms with Crippen LogP contribution in [0.25, 0.3) is 6.08 Å². The van der Waals surface area contributed by atoms with Crippen LogP contribution in [0.4, 0.5) is 0 Å². The summed E-state index contributed by atoms with van der Waals surface area (Å²) in [5, 5.41) is 2.00. The van der Waals surface area contributed by atoms with Gasteiger partial charge in [-0.05, 0) is 40.9 Å². The first-order valence-corrected chi connectivity index (χ1v) is 7.31. The predicted octanol–water partition coefficient (Wildman–Crippen LogP) is 2.47. The minimum absolute atomic E-state index is 0.0717. The van der Waals surface area contributed by atoms with E-state index in [9.17, 15) is 4.79 Å². The maximum atomic E-state index is 12.0. The van der Waals surface area contributed by atoms with Crippen molar-refractivity contribution in [3.63, 3.8) is 0 Å². The Morgan fingerprint density at radius 1 is 1.71 bits per heavy atom. The van der Waals surface area contributed by atoms with Crippen LogP contribution < -0.4 is 5.73 Å². The van der Waals surface area contributed by atoms with E-state index in [0.29, 0.717) is 6.54 Å². The second-order valence-electron chi connectivity index (χ2n) is 4.06. The summed E-state index contributed by atoms with van der Waals surface area (Å²) >= 11 is 5.00. The molecule has 0 aromatic carbocycles. The summed E-state index contributed by atoms with van der Waals surface area (Å²) in [4.78, 5) is 14.9. The van der Waals surface area contributed by atoms with E-state index in [1.54, 1.807) is 17.4 Å². The van der Waals surface area contributed by atoms with Crippen LogP contribution >= 0.6 is 27.3 Å². The Hall–Kier alpha value is -0.650.